The van der Waals surface area contributed by atoms with Gasteiger partial charge in [-0.05, 0) is 19.1 Å². The molecule has 1 atom stereocenters. The first-order valence-corrected chi connectivity index (χ1v) is 6.49. The molecule has 0 spiro atoms. The lowest BCUT2D eigenvalue weighted by Gasteiger charge is -2.33. The topological polar surface area (TPSA) is 58.1 Å². The number of fused-ring (bicyclic) bond motifs is 1. The smallest absolute Gasteiger partial charge is 0.274 e. The molecule has 1 aliphatic heterocycles. The number of halogens is 2. The zero-order chi connectivity index (χ0) is 13.2. The number of nitrogens with one attached hydrogen (secondary N) is 1. The molecule has 1 aromatic carbocycles. The molecule has 0 aliphatic carbocycles. The molecule has 1 aromatic heterocycles. The first-order valence-electron chi connectivity index (χ1n) is 6.49. The summed E-state index contributed by atoms with van der Waals surface area (Å²) >= 11 is 0. The van der Waals surface area contributed by atoms with E-state index in [0.717, 1.165) is 24.1 Å². The van der Waals surface area contributed by atoms with Crippen LogP contribution in [0.3, 0.4) is 0 Å². The van der Waals surface area contributed by atoms with Crippen LogP contribution >= 0.6 is 24.8 Å². The van der Waals surface area contributed by atoms with Crippen molar-refractivity contribution < 1.29 is 4.79 Å². The van der Waals surface area contributed by atoms with Crippen LogP contribution in [0.4, 0.5) is 0 Å². The fourth-order valence-corrected chi connectivity index (χ4v) is 2.35. The first kappa shape index (κ1) is 17.6. The quantitative estimate of drug-likeness (QED) is 0.868. The van der Waals surface area contributed by atoms with Crippen molar-refractivity contribution in [1.82, 2.24) is 20.2 Å². The van der Waals surface area contributed by atoms with Gasteiger partial charge in [-0.1, -0.05) is 12.1 Å². The molecule has 0 unspecified atom stereocenters. The maximum atomic E-state index is 12.4. The first-order chi connectivity index (χ1) is 9.25. The molecule has 21 heavy (non-hydrogen) atoms. The van der Waals surface area contributed by atoms with Crippen molar-refractivity contribution in [3.63, 3.8) is 0 Å². The minimum absolute atomic E-state index is 0. The van der Waals surface area contributed by atoms with E-state index in [2.05, 4.69) is 15.3 Å². The molecule has 1 aliphatic rings. The Kier molecular flexibility index (Phi) is 6.33. The van der Waals surface area contributed by atoms with E-state index < -0.39 is 0 Å². The second kappa shape index (κ2) is 7.54. The normalized spacial score (nSPS) is 17.8. The molecule has 0 saturated carbocycles. The SMILES string of the molecule is C[C@@H]1CNCCN1C(=O)c1cnc2ccccc2n1.Cl.Cl. The van der Waals surface area contributed by atoms with Crippen molar-refractivity contribution in [2.75, 3.05) is 19.6 Å². The summed E-state index contributed by atoms with van der Waals surface area (Å²) in [7, 11) is 0. The zero-order valence-corrected chi connectivity index (χ0v) is 13.3. The average molecular weight is 329 g/mol. The number of aromatic nitrogens is 2. The molecular formula is C14H18Cl2N4O. The Morgan fingerprint density at radius 1 is 1.29 bits per heavy atom. The standard InChI is InChI=1S/C14H16N4O.2ClH/c1-10-8-15-6-7-18(10)14(19)13-9-16-11-4-2-3-5-12(11)17-13;;/h2-5,9-10,15H,6-8H2,1H3;2*1H/t10-;;/m1../s1. The van der Waals surface area contributed by atoms with Gasteiger partial charge in [-0.25, -0.2) is 4.98 Å². The Bertz CT molecular complexity index is 623. The van der Waals surface area contributed by atoms with Gasteiger partial charge >= 0.3 is 0 Å². The molecule has 5 nitrogen and oxygen atoms in total. The second-order valence-electron chi connectivity index (χ2n) is 4.80. The van der Waals surface area contributed by atoms with Crippen LogP contribution in [0.2, 0.25) is 0 Å². The molecule has 0 bridgehead atoms. The number of para-hydroxylation sites is 2. The highest BCUT2D eigenvalue weighted by Crippen LogP contribution is 2.12. The van der Waals surface area contributed by atoms with Gasteiger partial charge in [0.05, 0.1) is 17.2 Å². The lowest BCUT2D eigenvalue weighted by Crippen LogP contribution is -2.52. The van der Waals surface area contributed by atoms with E-state index in [1.807, 2.05) is 36.1 Å². The summed E-state index contributed by atoms with van der Waals surface area (Å²) < 4.78 is 0. The monoisotopic (exact) mass is 328 g/mol. The van der Waals surface area contributed by atoms with Crippen LogP contribution in [-0.2, 0) is 0 Å². The summed E-state index contributed by atoms with van der Waals surface area (Å²) in [6.45, 7) is 4.41. The van der Waals surface area contributed by atoms with Crippen LogP contribution in [0.1, 0.15) is 17.4 Å². The number of carbonyl (C=O) groups is 1. The number of benzene rings is 1. The molecule has 1 fully saturated rings. The Hall–Kier alpha value is -1.43. The van der Waals surface area contributed by atoms with Gasteiger partial charge in [-0.2, -0.15) is 0 Å². The highest BCUT2D eigenvalue weighted by molar-refractivity contribution is 5.94. The fourth-order valence-electron chi connectivity index (χ4n) is 2.35. The van der Waals surface area contributed by atoms with Crippen molar-refractivity contribution in [3.05, 3.63) is 36.2 Å². The van der Waals surface area contributed by atoms with Crippen molar-refractivity contribution in [1.29, 1.82) is 0 Å². The number of amides is 1. The average Bonchev–Trinajstić information content (AvgIpc) is 2.46. The second-order valence-corrected chi connectivity index (χ2v) is 4.80. The molecule has 2 heterocycles. The minimum Gasteiger partial charge on any atom is -0.332 e. The van der Waals surface area contributed by atoms with Crippen LogP contribution in [0.5, 0.6) is 0 Å². The summed E-state index contributed by atoms with van der Waals surface area (Å²) in [6, 6.07) is 7.77. The van der Waals surface area contributed by atoms with Gasteiger partial charge in [0.1, 0.15) is 5.69 Å². The zero-order valence-electron chi connectivity index (χ0n) is 11.7. The van der Waals surface area contributed by atoms with E-state index >= 15 is 0 Å². The summed E-state index contributed by atoms with van der Waals surface area (Å²) in [6.07, 6.45) is 1.57. The van der Waals surface area contributed by atoms with Crippen molar-refractivity contribution in [2.45, 2.75) is 13.0 Å². The predicted molar refractivity (Wildman–Crippen MR) is 87.4 cm³/mol. The molecule has 114 valence electrons. The Labute approximate surface area is 136 Å². The van der Waals surface area contributed by atoms with Crippen LogP contribution in [-0.4, -0.2) is 46.5 Å². The maximum Gasteiger partial charge on any atom is 0.274 e. The van der Waals surface area contributed by atoms with E-state index in [0.29, 0.717) is 12.2 Å². The number of carbonyl (C=O) groups excluding carboxylic acids is 1. The van der Waals surface area contributed by atoms with Crippen LogP contribution in [0.25, 0.3) is 11.0 Å². The van der Waals surface area contributed by atoms with Gasteiger partial charge < -0.3 is 10.2 Å². The molecule has 3 rings (SSSR count). The summed E-state index contributed by atoms with van der Waals surface area (Å²) in [5.41, 5.74) is 2.00. The van der Waals surface area contributed by atoms with E-state index in [9.17, 15) is 4.79 Å². The molecular weight excluding hydrogens is 311 g/mol. The number of piperazine rings is 1. The van der Waals surface area contributed by atoms with E-state index in [4.69, 9.17) is 0 Å². The lowest BCUT2D eigenvalue weighted by molar-refractivity contribution is 0.0649. The molecule has 1 N–H and O–H groups in total. The summed E-state index contributed by atoms with van der Waals surface area (Å²) in [4.78, 5) is 23.0. The highest BCUT2D eigenvalue weighted by Gasteiger charge is 2.25. The van der Waals surface area contributed by atoms with Gasteiger partial charge in [0.2, 0.25) is 0 Å². The maximum absolute atomic E-state index is 12.4. The lowest BCUT2D eigenvalue weighted by atomic mass is 10.2. The van der Waals surface area contributed by atoms with Gasteiger partial charge in [-0.3, -0.25) is 9.78 Å². The van der Waals surface area contributed by atoms with Crippen LogP contribution in [0, 0.1) is 0 Å². The largest absolute Gasteiger partial charge is 0.332 e. The molecule has 0 radical (unpaired) electrons. The Balaban J connectivity index is 0.00000110. The highest BCUT2D eigenvalue weighted by atomic mass is 35.5. The van der Waals surface area contributed by atoms with Gasteiger partial charge in [0, 0.05) is 25.7 Å². The van der Waals surface area contributed by atoms with E-state index in [1.54, 1.807) is 6.20 Å². The van der Waals surface area contributed by atoms with E-state index in [-0.39, 0.29) is 36.8 Å². The minimum atomic E-state index is -0.0350. The van der Waals surface area contributed by atoms with Gasteiger partial charge in [0.25, 0.3) is 5.91 Å². The molecule has 1 amide bonds. The Morgan fingerprint density at radius 2 is 2.00 bits per heavy atom. The van der Waals surface area contributed by atoms with Gasteiger partial charge in [0.15, 0.2) is 0 Å². The van der Waals surface area contributed by atoms with Crippen molar-refractivity contribution in [2.24, 2.45) is 0 Å². The number of rotatable bonds is 1. The van der Waals surface area contributed by atoms with E-state index in [1.165, 1.54) is 0 Å². The van der Waals surface area contributed by atoms with Gasteiger partial charge in [-0.15, -0.1) is 24.8 Å². The Morgan fingerprint density at radius 3 is 2.71 bits per heavy atom. The predicted octanol–water partition coefficient (Wildman–Crippen LogP) is 1.91. The molecule has 1 saturated heterocycles. The van der Waals surface area contributed by atoms with Crippen molar-refractivity contribution in [3.8, 4) is 0 Å². The summed E-state index contributed by atoms with van der Waals surface area (Å²) in [5, 5.41) is 3.27. The third-order valence-corrected chi connectivity index (χ3v) is 3.43. The fraction of sp³-hybridized carbons (Fsp3) is 0.357. The van der Waals surface area contributed by atoms with Crippen LogP contribution < -0.4 is 5.32 Å². The number of nitrogens with zero attached hydrogens (tertiary/aromatic N) is 3. The number of hydrogen-bond donors (Lipinski definition) is 1. The van der Waals surface area contributed by atoms with Crippen LogP contribution in [0.15, 0.2) is 30.5 Å². The third-order valence-electron chi connectivity index (χ3n) is 3.43. The third kappa shape index (κ3) is 3.61. The van der Waals surface area contributed by atoms with Crippen molar-refractivity contribution >= 4 is 41.8 Å². The molecule has 2 aromatic rings. The molecule has 7 heteroatoms. The summed E-state index contributed by atoms with van der Waals surface area (Å²) in [5.74, 6) is -0.0350. The number of hydrogen-bond acceptors (Lipinski definition) is 4.